The Balaban J connectivity index is 2.47. The third-order valence-electron chi connectivity index (χ3n) is 2.81. The van der Waals surface area contributed by atoms with Gasteiger partial charge in [0.1, 0.15) is 0 Å². The molecule has 1 aliphatic heterocycles. The summed E-state index contributed by atoms with van der Waals surface area (Å²) in [4.78, 5) is 22.9. The van der Waals surface area contributed by atoms with Crippen LogP contribution in [0.4, 0.5) is 0 Å². The van der Waals surface area contributed by atoms with Crippen LogP contribution >= 0.6 is 0 Å². The Morgan fingerprint density at radius 3 is 2.27 bits per heavy atom. The Morgan fingerprint density at radius 1 is 1.13 bits per heavy atom. The highest BCUT2D eigenvalue weighted by Gasteiger charge is 2.46. The van der Waals surface area contributed by atoms with E-state index in [0.717, 1.165) is 25.7 Å². The van der Waals surface area contributed by atoms with Gasteiger partial charge >= 0.3 is 11.9 Å². The number of unbranched alkanes of at least 4 members (excludes halogenated alkanes) is 3. The molecule has 1 saturated heterocycles. The van der Waals surface area contributed by atoms with E-state index in [1.54, 1.807) is 6.92 Å². The van der Waals surface area contributed by atoms with Gasteiger partial charge in [-0.15, -0.1) is 0 Å². The summed E-state index contributed by atoms with van der Waals surface area (Å²) in [5.74, 6) is -0.898. The van der Waals surface area contributed by atoms with Gasteiger partial charge in [0.2, 0.25) is 6.79 Å². The average Bonchev–Trinajstić information content (AvgIpc) is 2.22. The number of hydrogen-bond donors (Lipinski definition) is 0. The highest BCUT2D eigenvalue weighted by Crippen LogP contribution is 2.30. The van der Waals surface area contributed by atoms with Crippen molar-refractivity contribution in [3.05, 3.63) is 0 Å². The van der Waals surface area contributed by atoms with Gasteiger partial charge in [-0.3, -0.25) is 9.59 Å². The van der Waals surface area contributed by atoms with E-state index in [1.165, 1.54) is 0 Å². The Hall–Kier alpha value is -1.06. The van der Waals surface area contributed by atoms with Crippen molar-refractivity contribution in [3.8, 4) is 0 Å². The second-order valence-corrected chi connectivity index (χ2v) is 4.12. The molecule has 0 unspecified atom stereocenters. The number of esters is 2. The van der Waals surface area contributed by atoms with Crippen LogP contribution in [0.25, 0.3) is 0 Å². The zero-order valence-corrected chi connectivity index (χ0v) is 9.38. The van der Waals surface area contributed by atoms with Crippen molar-refractivity contribution in [3.63, 3.8) is 0 Å². The Morgan fingerprint density at radius 2 is 1.73 bits per heavy atom. The van der Waals surface area contributed by atoms with Crippen LogP contribution in [0.1, 0.15) is 46.0 Å². The number of carbonyl (C=O) groups is 2. The Kier molecular flexibility index (Phi) is 4.12. The lowest BCUT2D eigenvalue weighted by Gasteiger charge is -2.29. The largest absolute Gasteiger partial charge is 0.427 e. The molecule has 4 heteroatoms. The Bertz CT molecular complexity index is 231. The summed E-state index contributed by atoms with van der Waals surface area (Å²) in [5.41, 5.74) is -1.08. The lowest BCUT2D eigenvalue weighted by Crippen LogP contribution is -2.44. The summed E-state index contributed by atoms with van der Waals surface area (Å²) < 4.78 is 9.48. The van der Waals surface area contributed by atoms with Crippen LogP contribution in [0, 0.1) is 5.41 Å². The number of rotatable bonds is 5. The molecule has 0 bridgehead atoms. The minimum Gasteiger partial charge on any atom is -0.427 e. The summed E-state index contributed by atoms with van der Waals surface area (Å²) in [6.07, 6.45) is 4.66. The molecule has 1 fully saturated rings. The van der Waals surface area contributed by atoms with E-state index in [1.807, 2.05) is 0 Å². The molecule has 4 nitrogen and oxygen atoms in total. The van der Waals surface area contributed by atoms with Crippen LogP contribution in [0.2, 0.25) is 0 Å². The third-order valence-corrected chi connectivity index (χ3v) is 2.81. The maximum Gasteiger partial charge on any atom is 0.326 e. The van der Waals surface area contributed by atoms with E-state index in [0.29, 0.717) is 6.42 Å². The molecular weight excluding hydrogens is 196 g/mol. The molecule has 86 valence electrons. The van der Waals surface area contributed by atoms with Crippen molar-refractivity contribution in [2.45, 2.75) is 46.0 Å². The van der Waals surface area contributed by atoms with Crippen molar-refractivity contribution in [2.24, 2.45) is 5.41 Å². The normalized spacial score (nSPS) is 19.6. The second kappa shape index (κ2) is 5.14. The van der Waals surface area contributed by atoms with E-state index in [-0.39, 0.29) is 6.79 Å². The summed E-state index contributed by atoms with van der Waals surface area (Å²) in [7, 11) is 0. The molecule has 0 N–H and O–H groups in total. The minimum absolute atomic E-state index is 0.234. The molecule has 0 spiro atoms. The standard InChI is InChI=1S/C11H18O4/c1-3-4-5-6-7-11(2)9(12)14-8-15-10(11)13/h3-8H2,1-2H3. The van der Waals surface area contributed by atoms with Gasteiger partial charge in [0.05, 0.1) is 0 Å². The highest BCUT2D eigenvalue weighted by atomic mass is 16.7. The van der Waals surface area contributed by atoms with Crippen LogP contribution in [0.15, 0.2) is 0 Å². The number of hydrogen-bond acceptors (Lipinski definition) is 4. The molecule has 0 aromatic rings. The highest BCUT2D eigenvalue weighted by molar-refractivity contribution is 6.00. The van der Waals surface area contributed by atoms with Gasteiger partial charge < -0.3 is 9.47 Å². The summed E-state index contributed by atoms with van der Waals surface area (Å²) in [6, 6.07) is 0. The molecular formula is C11H18O4. The molecule has 1 aliphatic rings. The van der Waals surface area contributed by atoms with E-state index in [9.17, 15) is 9.59 Å². The van der Waals surface area contributed by atoms with Crippen molar-refractivity contribution in [2.75, 3.05) is 6.79 Å². The van der Waals surface area contributed by atoms with Crippen molar-refractivity contribution in [1.29, 1.82) is 0 Å². The predicted molar refractivity (Wildman–Crippen MR) is 53.9 cm³/mol. The van der Waals surface area contributed by atoms with Crippen molar-refractivity contribution in [1.82, 2.24) is 0 Å². The SMILES string of the molecule is CCCCCCC1(C)C(=O)OCOC1=O. The molecule has 0 amide bonds. The number of ether oxygens (including phenoxy) is 2. The fraction of sp³-hybridized carbons (Fsp3) is 0.818. The van der Waals surface area contributed by atoms with Crippen molar-refractivity contribution >= 4 is 11.9 Å². The van der Waals surface area contributed by atoms with Gasteiger partial charge in [-0.1, -0.05) is 32.6 Å². The smallest absolute Gasteiger partial charge is 0.326 e. The molecule has 0 aliphatic carbocycles. The average molecular weight is 214 g/mol. The second-order valence-electron chi connectivity index (χ2n) is 4.12. The maximum atomic E-state index is 11.5. The number of carbonyl (C=O) groups excluding carboxylic acids is 2. The monoisotopic (exact) mass is 214 g/mol. The maximum absolute atomic E-state index is 11.5. The number of cyclic esters (lactones) is 2. The van der Waals surface area contributed by atoms with E-state index in [4.69, 9.17) is 9.47 Å². The van der Waals surface area contributed by atoms with Crippen LogP contribution < -0.4 is 0 Å². The van der Waals surface area contributed by atoms with Gasteiger partial charge in [0.15, 0.2) is 5.41 Å². The first-order chi connectivity index (χ1) is 7.11. The van der Waals surface area contributed by atoms with E-state index < -0.39 is 17.4 Å². The first-order valence-corrected chi connectivity index (χ1v) is 5.45. The molecule has 1 heterocycles. The van der Waals surface area contributed by atoms with E-state index in [2.05, 4.69) is 6.92 Å². The van der Waals surface area contributed by atoms with Gasteiger partial charge in [0.25, 0.3) is 0 Å². The molecule has 0 aromatic heterocycles. The van der Waals surface area contributed by atoms with Gasteiger partial charge in [-0.05, 0) is 13.3 Å². The zero-order valence-electron chi connectivity index (χ0n) is 9.38. The summed E-state index contributed by atoms with van der Waals surface area (Å²) in [5, 5.41) is 0. The predicted octanol–water partition coefficient (Wildman–Crippen LogP) is 2.02. The fourth-order valence-electron chi connectivity index (χ4n) is 1.65. The molecule has 0 saturated carbocycles. The lowest BCUT2D eigenvalue weighted by molar-refractivity contribution is -0.200. The third kappa shape index (κ3) is 2.70. The molecule has 0 radical (unpaired) electrons. The minimum atomic E-state index is -1.08. The van der Waals surface area contributed by atoms with Crippen LogP contribution in [0.5, 0.6) is 0 Å². The molecule has 0 atom stereocenters. The van der Waals surface area contributed by atoms with Crippen molar-refractivity contribution < 1.29 is 19.1 Å². The zero-order chi connectivity index (χ0) is 11.3. The molecule has 1 rings (SSSR count). The van der Waals surface area contributed by atoms with Gasteiger partial charge in [-0.2, -0.15) is 0 Å². The first kappa shape index (κ1) is 12.0. The Labute approximate surface area is 89.9 Å². The summed E-state index contributed by atoms with van der Waals surface area (Å²) >= 11 is 0. The summed E-state index contributed by atoms with van der Waals surface area (Å²) in [6.45, 7) is 3.48. The first-order valence-electron chi connectivity index (χ1n) is 5.45. The lowest BCUT2D eigenvalue weighted by atomic mass is 9.84. The van der Waals surface area contributed by atoms with Gasteiger partial charge in [-0.25, -0.2) is 0 Å². The quantitative estimate of drug-likeness (QED) is 0.399. The van der Waals surface area contributed by atoms with Crippen LogP contribution in [-0.2, 0) is 19.1 Å². The molecule has 0 aromatic carbocycles. The fourth-order valence-corrected chi connectivity index (χ4v) is 1.65. The van der Waals surface area contributed by atoms with Crippen LogP contribution in [0.3, 0.4) is 0 Å². The van der Waals surface area contributed by atoms with Crippen LogP contribution in [-0.4, -0.2) is 18.7 Å². The van der Waals surface area contributed by atoms with Gasteiger partial charge in [0, 0.05) is 0 Å². The topological polar surface area (TPSA) is 52.6 Å². The van der Waals surface area contributed by atoms with E-state index >= 15 is 0 Å². The molecule has 15 heavy (non-hydrogen) atoms.